The van der Waals surface area contributed by atoms with Crippen molar-refractivity contribution in [3.63, 3.8) is 0 Å². The van der Waals surface area contributed by atoms with Gasteiger partial charge >= 0.3 is 11.7 Å². The topological polar surface area (TPSA) is 42.0 Å². The largest absolute Gasteiger partial charge is 0.446 e. The van der Waals surface area contributed by atoms with Crippen LogP contribution in [0.3, 0.4) is 0 Å². The van der Waals surface area contributed by atoms with Gasteiger partial charge in [-0.15, -0.1) is 11.3 Å². The molecule has 3 nitrogen and oxygen atoms in total. The maximum Gasteiger partial charge on any atom is 0.446 e. The lowest BCUT2D eigenvalue weighted by Crippen LogP contribution is -2.17. The molecule has 0 aliphatic carbocycles. The van der Waals surface area contributed by atoms with Crippen LogP contribution in [0.25, 0.3) is 11.1 Å². The van der Waals surface area contributed by atoms with Crippen LogP contribution >= 0.6 is 23.1 Å². The predicted molar refractivity (Wildman–Crippen MR) is 104 cm³/mol. The van der Waals surface area contributed by atoms with Gasteiger partial charge in [0, 0.05) is 16.1 Å². The lowest BCUT2D eigenvalue weighted by atomic mass is 10.0. The normalized spacial score (nSPS) is 12.1. The molecule has 11 heteroatoms. The summed E-state index contributed by atoms with van der Waals surface area (Å²) < 4.78 is 77.4. The van der Waals surface area contributed by atoms with Gasteiger partial charge in [-0.1, -0.05) is 30.3 Å². The summed E-state index contributed by atoms with van der Waals surface area (Å²) in [6, 6.07) is 11.7. The maximum absolute atomic E-state index is 13.2. The van der Waals surface area contributed by atoms with E-state index in [-0.39, 0.29) is 27.4 Å². The second-order valence-electron chi connectivity index (χ2n) is 5.98. The monoisotopic (exact) mass is 462 g/mol. The Morgan fingerprint density at radius 1 is 1.03 bits per heavy atom. The van der Waals surface area contributed by atoms with E-state index in [0.717, 1.165) is 0 Å². The van der Waals surface area contributed by atoms with Crippen LogP contribution in [-0.4, -0.2) is 16.4 Å². The van der Waals surface area contributed by atoms with Crippen LogP contribution in [0.4, 0.5) is 32.0 Å². The summed E-state index contributed by atoms with van der Waals surface area (Å²) in [7, 11) is 0. The van der Waals surface area contributed by atoms with E-state index in [1.165, 1.54) is 31.2 Å². The van der Waals surface area contributed by atoms with Crippen molar-refractivity contribution in [1.82, 2.24) is 4.98 Å². The van der Waals surface area contributed by atoms with Crippen molar-refractivity contribution in [2.45, 2.75) is 23.5 Å². The second-order valence-corrected chi connectivity index (χ2v) is 8.33. The molecule has 3 rings (SSSR count). The number of halogens is 6. The average Bonchev–Trinajstić information content (AvgIpc) is 3.03. The third-order valence-electron chi connectivity index (χ3n) is 3.76. The van der Waals surface area contributed by atoms with Crippen LogP contribution in [-0.2, 0) is 6.18 Å². The van der Waals surface area contributed by atoms with Crippen LogP contribution in [0, 0.1) is 6.92 Å². The number of carbonyl (C=O) groups is 1. The second kappa shape index (κ2) is 8.31. The zero-order chi connectivity index (χ0) is 22.1. The van der Waals surface area contributed by atoms with E-state index in [4.69, 9.17) is 0 Å². The van der Waals surface area contributed by atoms with Gasteiger partial charge < -0.3 is 5.32 Å². The van der Waals surface area contributed by atoms with E-state index < -0.39 is 28.2 Å². The SMILES string of the molecule is Cc1nc(C(F)(F)F)c(C(=O)Nc2ccccc2-c2cccc(SC(F)(F)F)c2)s1. The minimum absolute atomic E-state index is 0.0569. The number of anilines is 1. The van der Waals surface area contributed by atoms with E-state index >= 15 is 0 Å². The Morgan fingerprint density at radius 2 is 1.73 bits per heavy atom. The summed E-state index contributed by atoms with van der Waals surface area (Å²) >= 11 is 0.322. The number of thiazole rings is 1. The maximum atomic E-state index is 13.2. The molecule has 0 radical (unpaired) electrons. The molecule has 0 atom stereocenters. The van der Waals surface area contributed by atoms with Gasteiger partial charge in [-0.05, 0) is 42.4 Å². The van der Waals surface area contributed by atoms with Crippen LogP contribution in [0.5, 0.6) is 0 Å². The van der Waals surface area contributed by atoms with E-state index in [0.29, 0.717) is 22.5 Å². The molecule has 0 saturated heterocycles. The number of thioether (sulfide) groups is 1. The minimum atomic E-state index is -4.79. The Balaban J connectivity index is 1.94. The minimum Gasteiger partial charge on any atom is -0.321 e. The third kappa shape index (κ3) is 5.33. The third-order valence-corrected chi connectivity index (χ3v) is 5.45. The van der Waals surface area contributed by atoms with Gasteiger partial charge in [0.05, 0.1) is 5.01 Å². The number of carbonyl (C=O) groups excluding carboxylic acids is 1. The fraction of sp³-hybridized carbons (Fsp3) is 0.158. The number of rotatable bonds is 4. The van der Waals surface area contributed by atoms with Crippen molar-refractivity contribution in [3.8, 4) is 11.1 Å². The molecular weight excluding hydrogens is 450 g/mol. The first-order chi connectivity index (χ1) is 13.9. The van der Waals surface area contributed by atoms with Crippen molar-refractivity contribution in [3.05, 3.63) is 64.1 Å². The van der Waals surface area contributed by atoms with E-state index in [2.05, 4.69) is 10.3 Å². The number of nitrogens with one attached hydrogen (secondary N) is 1. The summed E-state index contributed by atoms with van der Waals surface area (Å²) in [5, 5.41) is 2.50. The van der Waals surface area contributed by atoms with Crippen molar-refractivity contribution < 1.29 is 31.1 Å². The van der Waals surface area contributed by atoms with Crippen LogP contribution < -0.4 is 5.32 Å². The van der Waals surface area contributed by atoms with Crippen molar-refractivity contribution in [2.24, 2.45) is 0 Å². The molecular formula is C19H12F6N2OS2. The smallest absolute Gasteiger partial charge is 0.321 e. The number of nitrogens with zero attached hydrogens (tertiary/aromatic N) is 1. The molecule has 3 aromatic rings. The van der Waals surface area contributed by atoms with Gasteiger partial charge in [-0.2, -0.15) is 26.3 Å². The number of hydrogen-bond acceptors (Lipinski definition) is 4. The molecule has 0 bridgehead atoms. The summed E-state index contributed by atoms with van der Waals surface area (Å²) in [6.07, 6.45) is -4.79. The van der Waals surface area contributed by atoms with Crippen LogP contribution in [0.2, 0.25) is 0 Å². The summed E-state index contributed by atoms with van der Waals surface area (Å²) in [4.78, 5) is 15.3. The van der Waals surface area contributed by atoms with Gasteiger partial charge in [0.25, 0.3) is 5.91 Å². The fourth-order valence-corrected chi connectivity index (χ4v) is 4.09. The molecule has 0 saturated carbocycles. The predicted octanol–water partition coefficient (Wildman–Crippen LogP) is 7.00. The molecule has 30 heavy (non-hydrogen) atoms. The number of para-hydroxylation sites is 1. The summed E-state index contributed by atoms with van der Waals surface area (Å²) in [6.45, 7) is 1.36. The summed E-state index contributed by atoms with van der Waals surface area (Å²) in [5.74, 6) is -0.999. The standard InChI is InChI=1S/C19H12F6N2OS2/c1-10-26-16(18(20,21)22)15(29-10)17(28)27-14-8-3-2-7-13(14)11-5-4-6-12(9-11)30-19(23,24)25/h2-9H,1H3,(H,27,28). The number of aromatic nitrogens is 1. The molecule has 0 fully saturated rings. The van der Waals surface area contributed by atoms with Gasteiger partial charge in [0.15, 0.2) is 5.69 Å². The molecule has 0 aliphatic heterocycles. The Labute approximate surface area is 175 Å². The van der Waals surface area contributed by atoms with Gasteiger partial charge in [0.1, 0.15) is 4.88 Å². The number of alkyl halides is 6. The first kappa shape index (κ1) is 22.2. The number of aryl methyl sites for hydroxylation is 1. The molecule has 0 unspecified atom stereocenters. The van der Waals surface area contributed by atoms with E-state index in [1.807, 2.05) is 0 Å². The van der Waals surface area contributed by atoms with Crippen molar-refractivity contribution in [2.75, 3.05) is 5.32 Å². The highest BCUT2D eigenvalue weighted by Gasteiger charge is 2.39. The van der Waals surface area contributed by atoms with Crippen molar-refractivity contribution in [1.29, 1.82) is 0 Å². The summed E-state index contributed by atoms with van der Waals surface area (Å²) in [5.41, 5.74) is -4.84. The highest BCUT2D eigenvalue weighted by molar-refractivity contribution is 8.00. The molecule has 158 valence electrons. The number of amides is 1. The quantitative estimate of drug-likeness (QED) is 0.335. The Kier molecular flexibility index (Phi) is 6.14. The highest BCUT2D eigenvalue weighted by Crippen LogP contribution is 2.39. The Hall–Kier alpha value is -2.53. The molecule has 2 aromatic carbocycles. The zero-order valence-electron chi connectivity index (χ0n) is 15.1. The lowest BCUT2D eigenvalue weighted by molar-refractivity contribution is -0.141. The number of hydrogen-bond donors (Lipinski definition) is 1. The van der Waals surface area contributed by atoms with Crippen molar-refractivity contribution >= 4 is 34.7 Å². The van der Waals surface area contributed by atoms with E-state index in [1.54, 1.807) is 24.3 Å². The van der Waals surface area contributed by atoms with Gasteiger partial charge in [-0.25, -0.2) is 4.98 Å². The first-order valence-electron chi connectivity index (χ1n) is 8.25. The van der Waals surface area contributed by atoms with Crippen LogP contribution in [0.15, 0.2) is 53.4 Å². The van der Waals surface area contributed by atoms with Gasteiger partial charge in [-0.3, -0.25) is 4.79 Å². The first-order valence-corrected chi connectivity index (χ1v) is 9.88. The Morgan fingerprint density at radius 3 is 2.40 bits per heavy atom. The molecule has 1 aromatic heterocycles. The highest BCUT2D eigenvalue weighted by atomic mass is 32.2. The lowest BCUT2D eigenvalue weighted by Gasteiger charge is -2.13. The van der Waals surface area contributed by atoms with Gasteiger partial charge in [0.2, 0.25) is 0 Å². The molecule has 0 aliphatic rings. The molecule has 1 heterocycles. The molecule has 0 spiro atoms. The number of benzene rings is 2. The van der Waals surface area contributed by atoms with Crippen LogP contribution in [0.1, 0.15) is 20.4 Å². The molecule has 1 amide bonds. The zero-order valence-corrected chi connectivity index (χ0v) is 16.7. The fourth-order valence-electron chi connectivity index (χ4n) is 2.66. The van der Waals surface area contributed by atoms with E-state index in [9.17, 15) is 31.1 Å². The average molecular weight is 462 g/mol. The Bertz CT molecular complexity index is 1080. The molecule has 1 N–H and O–H groups in total.